The normalized spacial score (nSPS) is 15.5. The Kier molecular flexibility index (Phi) is 2.72. The monoisotopic (exact) mass is 153 g/mol. The summed E-state index contributed by atoms with van der Waals surface area (Å²) in [6.45, 7) is 0.558. The molecule has 1 heterocycles. The van der Waals surface area contributed by atoms with Crippen molar-refractivity contribution >= 4 is 5.97 Å². The second-order valence-electron chi connectivity index (χ2n) is 2.39. The van der Waals surface area contributed by atoms with Crippen LogP contribution in [0.15, 0.2) is 24.6 Å². The molecule has 1 N–H and O–H groups in total. The van der Waals surface area contributed by atoms with Gasteiger partial charge in [0.1, 0.15) is 0 Å². The molecule has 0 radical (unpaired) electrons. The van der Waals surface area contributed by atoms with Gasteiger partial charge in [-0.25, -0.2) is 0 Å². The van der Waals surface area contributed by atoms with Crippen molar-refractivity contribution in [3.05, 3.63) is 24.6 Å². The lowest BCUT2D eigenvalue weighted by Crippen LogP contribution is -2.15. The lowest BCUT2D eigenvalue weighted by atomic mass is 10.3. The van der Waals surface area contributed by atoms with Gasteiger partial charge in [-0.15, -0.1) is 0 Å². The quantitative estimate of drug-likeness (QED) is 0.662. The van der Waals surface area contributed by atoms with Crippen LogP contribution in [0.3, 0.4) is 0 Å². The third-order valence-corrected chi connectivity index (χ3v) is 1.45. The predicted molar refractivity (Wildman–Crippen MR) is 41.9 cm³/mol. The van der Waals surface area contributed by atoms with Crippen LogP contribution >= 0.6 is 0 Å². The van der Waals surface area contributed by atoms with Gasteiger partial charge < -0.3 is 10.0 Å². The first kappa shape index (κ1) is 7.85. The van der Waals surface area contributed by atoms with Crippen LogP contribution in [0.25, 0.3) is 0 Å². The van der Waals surface area contributed by atoms with E-state index in [0.717, 1.165) is 6.42 Å². The Hall–Kier alpha value is -1.25. The summed E-state index contributed by atoms with van der Waals surface area (Å²) in [4.78, 5) is 12.0. The summed E-state index contributed by atoms with van der Waals surface area (Å²) >= 11 is 0. The highest BCUT2D eigenvalue weighted by Gasteiger charge is 2.00. The fourth-order valence-corrected chi connectivity index (χ4v) is 0.895. The molecular weight excluding hydrogens is 142 g/mol. The minimum absolute atomic E-state index is 0.189. The van der Waals surface area contributed by atoms with E-state index in [0.29, 0.717) is 6.54 Å². The van der Waals surface area contributed by atoms with E-state index in [1.54, 1.807) is 0 Å². The molecule has 1 aliphatic heterocycles. The predicted octanol–water partition coefficient (Wildman–Crippen LogP) is 1.19. The summed E-state index contributed by atoms with van der Waals surface area (Å²) < 4.78 is 0. The molecule has 0 spiro atoms. The molecule has 3 heteroatoms. The molecule has 11 heavy (non-hydrogen) atoms. The van der Waals surface area contributed by atoms with E-state index in [1.165, 1.54) is 0 Å². The van der Waals surface area contributed by atoms with Crippen LogP contribution in [0.5, 0.6) is 0 Å². The van der Waals surface area contributed by atoms with Gasteiger partial charge in [-0.1, -0.05) is 12.2 Å². The van der Waals surface area contributed by atoms with Crippen molar-refractivity contribution < 1.29 is 9.90 Å². The summed E-state index contributed by atoms with van der Waals surface area (Å²) in [5.74, 6) is -0.752. The van der Waals surface area contributed by atoms with Gasteiger partial charge in [0.2, 0.25) is 0 Å². The molecule has 0 aliphatic carbocycles. The van der Waals surface area contributed by atoms with Crippen LogP contribution in [0.1, 0.15) is 12.8 Å². The van der Waals surface area contributed by atoms with Crippen LogP contribution < -0.4 is 0 Å². The van der Waals surface area contributed by atoms with Crippen molar-refractivity contribution in [2.75, 3.05) is 6.54 Å². The van der Waals surface area contributed by atoms with Gasteiger partial charge in [-0.2, -0.15) is 0 Å². The number of hydrogen-bond acceptors (Lipinski definition) is 2. The Balaban J connectivity index is 2.25. The lowest BCUT2D eigenvalue weighted by molar-refractivity contribution is -0.137. The van der Waals surface area contributed by atoms with Crippen molar-refractivity contribution in [1.29, 1.82) is 0 Å². The van der Waals surface area contributed by atoms with Crippen LogP contribution in [0.2, 0.25) is 0 Å². The molecule has 0 aromatic heterocycles. The summed E-state index contributed by atoms with van der Waals surface area (Å²) in [5, 5.41) is 8.37. The SMILES string of the molecule is O=C(O)CCN1C=CCC=C1. The summed E-state index contributed by atoms with van der Waals surface area (Å²) in [6.07, 6.45) is 8.95. The minimum Gasteiger partial charge on any atom is -0.481 e. The van der Waals surface area contributed by atoms with Gasteiger partial charge in [0, 0.05) is 6.54 Å². The molecular formula is C8H11NO2. The van der Waals surface area contributed by atoms with E-state index >= 15 is 0 Å². The summed E-state index contributed by atoms with van der Waals surface area (Å²) in [7, 11) is 0. The lowest BCUT2D eigenvalue weighted by Gasteiger charge is -2.15. The Morgan fingerprint density at radius 2 is 2.09 bits per heavy atom. The third kappa shape index (κ3) is 2.89. The fraction of sp³-hybridized carbons (Fsp3) is 0.375. The van der Waals surface area contributed by atoms with E-state index in [2.05, 4.69) is 0 Å². The van der Waals surface area contributed by atoms with Gasteiger partial charge in [-0.3, -0.25) is 4.79 Å². The number of carboxylic acids is 1. The smallest absolute Gasteiger partial charge is 0.305 e. The van der Waals surface area contributed by atoms with E-state index in [1.807, 2.05) is 29.5 Å². The first-order chi connectivity index (χ1) is 5.29. The maximum atomic E-state index is 10.2. The largest absolute Gasteiger partial charge is 0.481 e. The van der Waals surface area contributed by atoms with Gasteiger partial charge in [-0.05, 0) is 18.8 Å². The zero-order chi connectivity index (χ0) is 8.10. The number of carbonyl (C=O) groups is 1. The maximum Gasteiger partial charge on any atom is 0.305 e. The van der Waals surface area contributed by atoms with Crippen molar-refractivity contribution in [2.45, 2.75) is 12.8 Å². The fourth-order valence-electron chi connectivity index (χ4n) is 0.895. The molecule has 0 fully saturated rings. The molecule has 1 rings (SSSR count). The zero-order valence-corrected chi connectivity index (χ0v) is 6.23. The molecule has 0 atom stereocenters. The third-order valence-electron chi connectivity index (χ3n) is 1.45. The Morgan fingerprint density at radius 3 is 2.64 bits per heavy atom. The maximum absolute atomic E-state index is 10.2. The number of carboxylic acid groups (broad SMARTS) is 1. The molecule has 0 saturated carbocycles. The molecule has 60 valence electrons. The number of aliphatic carboxylic acids is 1. The standard InChI is InChI=1S/C8H11NO2/c10-8(11)4-7-9-5-2-1-3-6-9/h2-3,5-6H,1,4,7H2,(H,10,11). The highest BCUT2D eigenvalue weighted by atomic mass is 16.4. The van der Waals surface area contributed by atoms with Crippen LogP contribution in [-0.4, -0.2) is 22.5 Å². The van der Waals surface area contributed by atoms with Crippen LogP contribution in [0.4, 0.5) is 0 Å². The number of allylic oxidation sites excluding steroid dienone is 2. The second kappa shape index (κ2) is 3.81. The van der Waals surface area contributed by atoms with Gasteiger partial charge >= 0.3 is 5.97 Å². The molecule has 3 nitrogen and oxygen atoms in total. The minimum atomic E-state index is -0.752. The van der Waals surface area contributed by atoms with Gasteiger partial charge in [0.05, 0.1) is 6.42 Å². The molecule has 0 bridgehead atoms. The van der Waals surface area contributed by atoms with E-state index in [4.69, 9.17) is 5.11 Å². The van der Waals surface area contributed by atoms with Gasteiger partial charge in [0.15, 0.2) is 0 Å². The van der Waals surface area contributed by atoms with Crippen molar-refractivity contribution in [3.63, 3.8) is 0 Å². The van der Waals surface area contributed by atoms with E-state index < -0.39 is 5.97 Å². The Labute approximate surface area is 65.6 Å². The molecule has 0 amide bonds. The van der Waals surface area contributed by atoms with E-state index in [-0.39, 0.29) is 6.42 Å². The molecule has 0 saturated heterocycles. The van der Waals surface area contributed by atoms with Crippen LogP contribution in [-0.2, 0) is 4.79 Å². The van der Waals surface area contributed by atoms with Gasteiger partial charge in [0.25, 0.3) is 0 Å². The summed E-state index contributed by atoms with van der Waals surface area (Å²) in [5.41, 5.74) is 0. The van der Waals surface area contributed by atoms with Crippen molar-refractivity contribution in [1.82, 2.24) is 4.90 Å². The second-order valence-corrected chi connectivity index (χ2v) is 2.39. The van der Waals surface area contributed by atoms with Crippen LogP contribution in [0, 0.1) is 0 Å². The highest BCUT2D eigenvalue weighted by molar-refractivity contribution is 5.66. The number of hydrogen-bond donors (Lipinski definition) is 1. The molecule has 0 unspecified atom stereocenters. The molecule has 0 aromatic rings. The zero-order valence-electron chi connectivity index (χ0n) is 6.23. The topological polar surface area (TPSA) is 40.5 Å². The highest BCUT2D eigenvalue weighted by Crippen LogP contribution is 2.02. The first-order valence-electron chi connectivity index (χ1n) is 3.60. The molecule has 1 aliphatic rings. The average molecular weight is 153 g/mol. The van der Waals surface area contributed by atoms with E-state index in [9.17, 15) is 4.79 Å². The van der Waals surface area contributed by atoms with Crippen molar-refractivity contribution in [3.8, 4) is 0 Å². The van der Waals surface area contributed by atoms with Crippen molar-refractivity contribution in [2.24, 2.45) is 0 Å². The average Bonchev–Trinajstić information content (AvgIpc) is 2.03. The Bertz CT molecular complexity index is 184. The Morgan fingerprint density at radius 1 is 1.45 bits per heavy atom. The number of rotatable bonds is 3. The first-order valence-corrected chi connectivity index (χ1v) is 3.60. The number of nitrogens with zero attached hydrogens (tertiary/aromatic N) is 1. The molecule has 0 aromatic carbocycles. The summed E-state index contributed by atoms with van der Waals surface area (Å²) in [6, 6.07) is 0.